The molecule has 1 aliphatic rings. The Balaban J connectivity index is 1.77. The van der Waals surface area contributed by atoms with Gasteiger partial charge >= 0.3 is 0 Å². The fraction of sp³-hybridized carbons (Fsp3) is 0.421. The molecular formula is C19H27ClN6. The molecule has 0 bridgehead atoms. The van der Waals surface area contributed by atoms with Crippen LogP contribution in [0.1, 0.15) is 16.8 Å². The van der Waals surface area contributed by atoms with Gasteiger partial charge in [-0.2, -0.15) is 5.10 Å². The topological polar surface area (TPSA) is 76.3 Å². The Hall–Kier alpha value is -2.02. The van der Waals surface area contributed by atoms with Gasteiger partial charge < -0.3 is 16.4 Å². The lowest BCUT2D eigenvalue weighted by molar-refractivity contribution is 0.149. The smallest absolute Gasteiger partial charge is 0.130 e. The van der Waals surface area contributed by atoms with E-state index in [-0.39, 0.29) is 0 Å². The van der Waals surface area contributed by atoms with Gasteiger partial charge in [0.05, 0.1) is 28.5 Å². The van der Waals surface area contributed by atoms with Crippen LogP contribution in [0.4, 0.5) is 5.82 Å². The van der Waals surface area contributed by atoms with Crippen molar-refractivity contribution < 1.29 is 0 Å². The summed E-state index contributed by atoms with van der Waals surface area (Å²) in [5.41, 5.74) is 15.5. The zero-order valence-electron chi connectivity index (χ0n) is 15.5. The first-order valence-corrected chi connectivity index (χ1v) is 9.30. The number of nitrogens with two attached hydrogens (primary N) is 2. The summed E-state index contributed by atoms with van der Waals surface area (Å²) in [6, 6.07) is 9.67. The van der Waals surface area contributed by atoms with Crippen LogP contribution in [0.2, 0.25) is 0 Å². The Bertz CT molecular complexity index is 775. The van der Waals surface area contributed by atoms with Gasteiger partial charge in [-0.1, -0.05) is 41.9 Å². The largest absolute Gasteiger partial charge is 0.397 e. The van der Waals surface area contributed by atoms with E-state index in [1.54, 1.807) is 0 Å². The van der Waals surface area contributed by atoms with Gasteiger partial charge in [0.1, 0.15) is 5.82 Å². The number of nitrogen functional groups attached to an aromatic ring is 1. The van der Waals surface area contributed by atoms with Crippen LogP contribution < -0.4 is 11.5 Å². The Morgan fingerprint density at radius 2 is 1.77 bits per heavy atom. The lowest BCUT2D eigenvalue weighted by Gasteiger charge is -2.32. The number of aromatic nitrogens is 2. The first-order valence-electron chi connectivity index (χ1n) is 8.92. The van der Waals surface area contributed by atoms with Crippen molar-refractivity contribution in [1.29, 1.82) is 0 Å². The highest BCUT2D eigenvalue weighted by atomic mass is 35.5. The van der Waals surface area contributed by atoms with Gasteiger partial charge in [0.2, 0.25) is 0 Å². The van der Waals surface area contributed by atoms with Crippen LogP contribution in [-0.2, 0) is 6.54 Å². The molecule has 2 aromatic rings. The Kier molecular flexibility index (Phi) is 5.86. The summed E-state index contributed by atoms with van der Waals surface area (Å²) in [7, 11) is 2.16. The summed E-state index contributed by atoms with van der Waals surface area (Å²) in [5.74, 6) is 0.570. The second-order valence-corrected chi connectivity index (χ2v) is 7.19. The molecule has 3 rings (SSSR count). The third-order valence-electron chi connectivity index (χ3n) is 4.93. The highest BCUT2D eigenvalue weighted by Crippen LogP contribution is 2.32. The number of hydrogen-bond donors (Lipinski definition) is 2. The molecule has 0 radical (unpaired) electrons. The molecule has 140 valence electrons. The van der Waals surface area contributed by atoms with E-state index in [4.69, 9.17) is 23.1 Å². The number of halogens is 1. The number of anilines is 1. The van der Waals surface area contributed by atoms with E-state index in [1.165, 1.54) is 0 Å². The summed E-state index contributed by atoms with van der Waals surface area (Å²) in [6.45, 7) is 7.93. The van der Waals surface area contributed by atoms with E-state index in [9.17, 15) is 0 Å². The molecule has 0 aliphatic carbocycles. The zero-order valence-corrected chi connectivity index (χ0v) is 16.2. The van der Waals surface area contributed by atoms with Crippen molar-refractivity contribution in [1.82, 2.24) is 19.6 Å². The summed E-state index contributed by atoms with van der Waals surface area (Å²) in [5, 5.41) is 5.04. The van der Waals surface area contributed by atoms with E-state index in [1.807, 2.05) is 41.9 Å². The van der Waals surface area contributed by atoms with Crippen molar-refractivity contribution in [2.24, 2.45) is 5.73 Å². The highest BCUT2D eigenvalue weighted by molar-refractivity contribution is 6.53. The SMILES string of the molecule is Cc1nn(CCN2CCN(C)CC2)c(N)c1/C(Cl)=C(\N)c1ccccc1. The maximum atomic E-state index is 6.59. The quantitative estimate of drug-likeness (QED) is 0.837. The van der Waals surface area contributed by atoms with Gasteiger partial charge in [0, 0.05) is 32.7 Å². The zero-order chi connectivity index (χ0) is 18.7. The second-order valence-electron chi connectivity index (χ2n) is 6.81. The number of nitrogens with zero attached hydrogens (tertiary/aromatic N) is 4. The molecule has 0 spiro atoms. The molecule has 1 fully saturated rings. The van der Waals surface area contributed by atoms with Crippen molar-refractivity contribution in [2.75, 3.05) is 45.5 Å². The lowest BCUT2D eigenvalue weighted by Crippen LogP contribution is -2.45. The molecule has 0 unspecified atom stereocenters. The van der Waals surface area contributed by atoms with Gasteiger partial charge in [-0.05, 0) is 19.5 Å². The van der Waals surface area contributed by atoms with Crippen LogP contribution in [-0.4, -0.2) is 59.4 Å². The standard InChI is InChI=1S/C19H27ClN6/c1-14-16(17(20)18(21)15-6-4-3-5-7-15)19(22)26(23-14)13-12-25-10-8-24(2)9-11-25/h3-7H,8-13,21-22H2,1-2H3/b18-17+. The normalized spacial score (nSPS) is 17.3. The third-order valence-corrected chi connectivity index (χ3v) is 5.32. The summed E-state index contributed by atoms with van der Waals surface area (Å²) < 4.78 is 1.84. The first kappa shape index (κ1) is 18.8. The molecule has 1 aromatic heterocycles. The predicted molar refractivity (Wildman–Crippen MR) is 109 cm³/mol. The van der Waals surface area contributed by atoms with Crippen molar-refractivity contribution in [3.8, 4) is 0 Å². The molecular weight excluding hydrogens is 348 g/mol. The summed E-state index contributed by atoms with van der Waals surface area (Å²) in [4.78, 5) is 4.78. The monoisotopic (exact) mass is 374 g/mol. The minimum atomic E-state index is 0.456. The van der Waals surface area contributed by atoms with Gasteiger partial charge in [-0.25, -0.2) is 4.68 Å². The van der Waals surface area contributed by atoms with Crippen molar-refractivity contribution in [3.05, 3.63) is 47.2 Å². The van der Waals surface area contributed by atoms with Crippen LogP contribution in [0.5, 0.6) is 0 Å². The molecule has 0 amide bonds. The molecule has 2 heterocycles. The van der Waals surface area contributed by atoms with Crippen LogP contribution in [0.3, 0.4) is 0 Å². The molecule has 1 aliphatic heterocycles. The average molecular weight is 375 g/mol. The minimum absolute atomic E-state index is 0.456. The Morgan fingerprint density at radius 3 is 2.42 bits per heavy atom. The maximum absolute atomic E-state index is 6.59. The summed E-state index contributed by atoms with van der Waals surface area (Å²) in [6.07, 6.45) is 0. The maximum Gasteiger partial charge on any atom is 0.130 e. The third kappa shape index (κ3) is 4.03. The number of hydrogen-bond acceptors (Lipinski definition) is 5. The molecule has 7 heteroatoms. The fourth-order valence-electron chi connectivity index (χ4n) is 3.23. The predicted octanol–water partition coefficient (Wildman–Crippen LogP) is 2.04. The van der Waals surface area contributed by atoms with E-state index in [0.29, 0.717) is 16.5 Å². The minimum Gasteiger partial charge on any atom is -0.397 e. The van der Waals surface area contributed by atoms with Gasteiger partial charge in [-0.3, -0.25) is 4.90 Å². The summed E-state index contributed by atoms with van der Waals surface area (Å²) >= 11 is 6.59. The highest BCUT2D eigenvalue weighted by Gasteiger charge is 2.19. The van der Waals surface area contributed by atoms with Gasteiger partial charge in [0.15, 0.2) is 0 Å². The number of likely N-dealkylation sites (N-methyl/N-ethyl adjacent to an activating group) is 1. The second kappa shape index (κ2) is 8.12. The molecule has 1 saturated heterocycles. The van der Waals surface area contributed by atoms with Crippen molar-refractivity contribution in [2.45, 2.75) is 13.5 Å². The molecule has 1 aromatic carbocycles. The van der Waals surface area contributed by atoms with E-state index in [0.717, 1.165) is 56.1 Å². The van der Waals surface area contributed by atoms with E-state index < -0.39 is 0 Å². The van der Waals surface area contributed by atoms with E-state index in [2.05, 4.69) is 21.9 Å². The van der Waals surface area contributed by atoms with Crippen molar-refractivity contribution >= 4 is 28.1 Å². The lowest BCUT2D eigenvalue weighted by atomic mass is 10.1. The Morgan fingerprint density at radius 1 is 1.12 bits per heavy atom. The molecule has 6 nitrogen and oxygen atoms in total. The van der Waals surface area contributed by atoms with Gasteiger partial charge in [0.25, 0.3) is 0 Å². The van der Waals surface area contributed by atoms with Crippen molar-refractivity contribution in [3.63, 3.8) is 0 Å². The molecule has 4 N–H and O–H groups in total. The van der Waals surface area contributed by atoms with Crippen LogP contribution in [0.25, 0.3) is 10.7 Å². The number of piperazine rings is 1. The fourth-order valence-corrected chi connectivity index (χ4v) is 3.57. The number of benzene rings is 1. The van der Waals surface area contributed by atoms with E-state index >= 15 is 0 Å². The van der Waals surface area contributed by atoms with Crippen LogP contribution >= 0.6 is 11.6 Å². The number of aryl methyl sites for hydroxylation is 1. The first-order chi connectivity index (χ1) is 12.5. The molecule has 0 atom stereocenters. The number of rotatable bonds is 5. The molecule has 26 heavy (non-hydrogen) atoms. The van der Waals surface area contributed by atoms with Crippen LogP contribution in [0, 0.1) is 6.92 Å². The molecule has 0 saturated carbocycles. The van der Waals surface area contributed by atoms with Gasteiger partial charge in [-0.15, -0.1) is 0 Å². The Labute approximate surface area is 160 Å². The van der Waals surface area contributed by atoms with Crippen LogP contribution in [0.15, 0.2) is 30.3 Å². The average Bonchev–Trinajstić information content (AvgIpc) is 2.94.